The molecule has 3 amide bonds. The summed E-state index contributed by atoms with van der Waals surface area (Å²) in [4.78, 5) is 26.6. The van der Waals surface area contributed by atoms with E-state index < -0.39 is 0 Å². The highest BCUT2D eigenvalue weighted by molar-refractivity contribution is 5.93. The van der Waals surface area contributed by atoms with E-state index in [2.05, 4.69) is 15.8 Å². The Labute approximate surface area is 168 Å². The maximum absolute atomic E-state index is 12.5. The molecule has 0 saturated carbocycles. The van der Waals surface area contributed by atoms with Crippen LogP contribution in [-0.4, -0.2) is 41.1 Å². The average molecular weight is 390 g/mol. The van der Waals surface area contributed by atoms with Gasteiger partial charge in [-0.15, -0.1) is 0 Å². The zero-order chi connectivity index (χ0) is 20.1. The number of hydrogen-bond acceptors (Lipinski definition) is 4. The molecule has 0 unspecified atom stereocenters. The van der Waals surface area contributed by atoms with Crippen LogP contribution in [0.1, 0.15) is 23.3 Å². The molecule has 148 valence electrons. The lowest BCUT2D eigenvalue weighted by molar-refractivity contribution is 0.0910. The van der Waals surface area contributed by atoms with Crippen LogP contribution in [0.3, 0.4) is 0 Å². The number of nitrogens with zero attached hydrogens (tertiary/aromatic N) is 2. The summed E-state index contributed by atoms with van der Waals surface area (Å²) in [6.45, 7) is 1.16. The van der Waals surface area contributed by atoms with Crippen LogP contribution in [0, 0.1) is 0 Å². The molecule has 0 bridgehead atoms. The zero-order valence-electron chi connectivity index (χ0n) is 15.9. The fourth-order valence-electron chi connectivity index (χ4n) is 3.33. The SMILES string of the molecule is O=C(NC1CCN(C(=O)Nc2ccccc2)CC1)c1cc(-c2ccccc2)on1. The number of aromatic nitrogens is 1. The van der Waals surface area contributed by atoms with E-state index in [0.29, 0.717) is 31.7 Å². The molecular weight excluding hydrogens is 368 g/mol. The first kappa shape index (κ1) is 18.7. The van der Waals surface area contributed by atoms with E-state index in [1.54, 1.807) is 11.0 Å². The summed E-state index contributed by atoms with van der Waals surface area (Å²) in [5, 5.41) is 9.76. The third-order valence-corrected chi connectivity index (χ3v) is 4.94. The normalized spacial score (nSPS) is 14.4. The Balaban J connectivity index is 1.28. The van der Waals surface area contributed by atoms with E-state index in [1.807, 2.05) is 60.7 Å². The fourth-order valence-corrected chi connectivity index (χ4v) is 3.33. The van der Waals surface area contributed by atoms with Gasteiger partial charge in [-0.1, -0.05) is 53.7 Å². The number of carbonyl (C=O) groups excluding carboxylic acids is 2. The molecule has 1 aliphatic heterocycles. The van der Waals surface area contributed by atoms with Crippen molar-refractivity contribution in [3.05, 3.63) is 72.4 Å². The zero-order valence-corrected chi connectivity index (χ0v) is 15.9. The van der Waals surface area contributed by atoms with Crippen molar-refractivity contribution in [2.45, 2.75) is 18.9 Å². The van der Waals surface area contributed by atoms with Gasteiger partial charge in [0.2, 0.25) is 0 Å². The highest BCUT2D eigenvalue weighted by Gasteiger charge is 2.25. The molecule has 2 N–H and O–H groups in total. The average Bonchev–Trinajstić information content (AvgIpc) is 3.26. The van der Waals surface area contributed by atoms with E-state index in [4.69, 9.17) is 4.52 Å². The first-order chi connectivity index (χ1) is 14.2. The van der Waals surface area contributed by atoms with Gasteiger partial charge in [0.15, 0.2) is 11.5 Å². The topological polar surface area (TPSA) is 87.5 Å². The number of hydrogen-bond donors (Lipinski definition) is 2. The number of benzene rings is 2. The molecule has 0 spiro atoms. The molecule has 4 rings (SSSR count). The number of urea groups is 1. The Morgan fingerprint density at radius 2 is 1.62 bits per heavy atom. The lowest BCUT2D eigenvalue weighted by atomic mass is 10.1. The first-order valence-electron chi connectivity index (χ1n) is 9.63. The largest absolute Gasteiger partial charge is 0.355 e. The molecule has 0 radical (unpaired) electrons. The number of para-hydroxylation sites is 1. The van der Waals surface area contributed by atoms with Crippen molar-refractivity contribution >= 4 is 17.6 Å². The highest BCUT2D eigenvalue weighted by Crippen LogP contribution is 2.20. The molecule has 1 saturated heterocycles. The second-order valence-electron chi connectivity index (χ2n) is 6.97. The summed E-state index contributed by atoms with van der Waals surface area (Å²) < 4.78 is 5.29. The van der Waals surface area contributed by atoms with Crippen LogP contribution in [0.25, 0.3) is 11.3 Å². The van der Waals surface area contributed by atoms with Gasteiger partial charge in [-0.25, -0.2) is 4.79 Å². The second kappa shape index (κ2) is 8.60. The molecule has 1 aliphatic rings. The van der Waals surface area contributed by atoms with Crippen LogP contribution in [0.4, 0.5) is 10.5 Å². The summed E-state index contributed by atoms with van der Waals surface area (Å²) in [7, 11) is 0. The van der Waals surface area contributed by atoms with Crippen molar-refractivity contribution in [3.63, 3.8) is 0 Å². The van der Waals surface area contributed by atoms with E-state index in [9.17, 15) is 9.59 Å². The van der Waals surface area contributed by atoms with Crippen LogP contribution < -0.4 is 10.6 Å². The Morgan fingerprint density at radius 3 is 2.31 bits per heavy atom. The number of rotatable bonds is 4. The number of nitrogens with one attached hydrogen (secondary N) is 2. The van der Waals surface area contributed by atoms with Crippen molar-refractivity contribution in [3.8, 4) is 11.3 Å². The fraction of sp³-hybridized carbons (Fsp3) is 0.227. The molecule has 7 nitrogen and oxygen atoms in total. The van der Waals surface area contributed by atoms with E-state index >= 15 is 0 Å². The number of anilines is 1. The Kier molecular flexibility index (Phi) is 5.56. The summed E-state index contributed by atoms with van der Waals surface area (Å²) in [5.74, 6) is 0.297. The van der Waals surface area contributed by atoms with E-state index in [0.717, 1.165) is 11.3 Å². The minimum Gasteiger partial charge on any atom is -0.355 e. The molecule has 1 fully saturated rings. The van der Waals surface area contributed by atoms with Gasteiger partial charge in [-0.05, 0) is 25.0 Å². The molecule has 29 heavy (non-hydrogen) atoms. The molecule has 0 atom stereocenters. The smallest absolute Gasteiger partial charge is 0.321 e. The van der Waals surface area contributed by atoms with Gasteiger partial charge in [0, 0.05) is 36.4 Å². The third kappa shape index (κ3) is 4.63. The standard InChI is InChI=1S/C22H22N4O3/c27-21(19-15-20(29-25-19)16-7-3-1-4-8-16)23-18-11-13-26(14-12-18)22(28)24-17-9-5-2-6-10-17/h1-10,15,18H,11-14H2,(H,23,27)(H,24,28). The lowest BCUT2D eigenvalue weighted by Crippen LogP contribution is -2.47. The summed E-state index contributed by atoms with van der Waals surface area (Å²) in [5.41, 5.74) is 1.90. The molecule has 1 aromatic heterocycles. The van der Waals surface area contributed by atoms with Gasteiger partial charge in [-0.2, -0.15) is 0 Å². The number of likely N-dealkylation sites (tertiary alicyclic amines) is 1. The van der Waals surface area contributed by atoms with Crippen molar-refractivity contribution in [1.29, 1.82) is 0 Å². The quantitative estimate of drug-likeness (QED) is 0.710. The Hall–Kier alpha value is -3.61. The van der Waals surface area contributed by atoms with Gasteiger partial charge in [0.1, 0.15) is 0 Å². The number of carbonyl (C=O) groups is 2. The molecular formula is C22H22N4O3. The summed E-state index contributed by atoms with van der Waals surface area (Å²) >= 11 is 0. The lowest BCUT2D eigenvalue weighted by Gasteiger charge is -2.32. The third-order valence-electron chi connectivity index (χ3n) is 4.94. The predicted octanol–water partition coefficient (Wildman–Crippen LogP) is 3.77. The van der Waals surface area contributed by atoms with Gasteiger partial charge in [0.05, 0.1) is 0 Å². The van der Waals surface area contributed by atoms with E-state index in [1.165, 1.54) is 0 Å². The minimum absolute atomic E-state index is 0.000139. The highest BCUT2D eigenvalue weighted by atomic mass is 16.5. The first-order valence-corrected chi connectivity index (χ1v) is 9.63. The molecule has 2 heterocycles. The van der Waals surface area contributed by atoms with Crippen molar-refractivity contribution in [2.75, 3.05) is 18.4 Å². The van der Waals surface area contributed by atoms with Gasteiger partial charge >= 0.3 is 6.03 Å². The summed E-state index contributed by atoms with van der Waals surface area (Å²) in [6, 6.07) is 20.4. The maximum atomic E-state index is 12.5. The van der Waals surface area contributed by atoms with Crippen molar-refractivity contribution in [1.82, 2.24) is 15.4 Å². The summed E-state index contributed by atoms with van der Waals surface area (Å²) in [6.07, 6.45) is 1.38. The molecule has 2 aromatic carbocycles. The monoisotopic (exact) mass is 390 g/mol. The van der Waals surface area contributed by atoms with Gasteiger partial charge in [0.25, 0.3) is 5.91 Å². The second-order valence-corrected chi connectivity index (χ2v) is 6.97. The Morgan fingerprint density at radius 1 is 0.966 bits per heavy atom. The Bertz CT molecular complexity index is 964. The van der Waals surface area contributed by atoms with Crippen LogP contribution in [-0.2, 0) is 0 Å². The van der Waals surface area contributed by atoms with Gasteiger partial charge in [-0.3, -0.25) is 4.79 Å². The van der Waals surface area contributed by atoms with Crippen LogP contribution >= 0.6 is 0 Å². The van der Waals surface area contributed by atoms with Crippen LogP contribution in [0.15, 0.2) is 71.3 Å². The van der Waals surface area contributed by atoms with E-state index in [-0.39, 0.29) is 23.7 Å². The minimum atomic E-state index is -0.261. The molecule has 3 aromatic rings. The van der Waals surface area contributed by atoms with Crippen LogP contribution in [0.2, 0.25) is 0 Å². The predicted molar refractivity (Wildman–Crippen MR) is 109 cm³/mol. The van der Waals surface area contributed by atoms with Crippen LogP contribution in [0.5, 0.6) is 0 Å². The van der Waals surface area contributed by atoms with Crippen molar-refractivity contribution in [2.24, 2.45) is 0 Å². The van der Waals surface area contributed by atoms with Gasteiger partial charge < -0.3 is 20.1 Å². The molecule has 0 aliphatic carbocycles. The molecule has 7 heteroatoms. The maximum Gasteiger partial charge on any atom is 0.321 e. The van der Waals surface area contributed by atoms with Crippen molar-refractivity contribution < 1.29 is 14.1 Å². The number of piperidine rings is 1. The number of amides is 3.